The van der Waals surface area contributed by atoms with Crippen molar-refractivity contribution in [3.63, 3.8) is 0 Å². The van der Waals surface area contributed by atoms with E-state index in [1.807, 2.05) is 30.6 Å². The number of hydrogen-bond donors (Lipinski definition) is 1. The predicted octanol–water partition coefficient (Wildman–Crippen LogP) is 9.99. The number of aromatic nitrogens is 3. The first kappa shape index (κ1) is 31.6. The van der Waals surface area contributed by atoms with Crippen LogP contribution in [0.1, 0.15) is 78.0 Å². The van der Waals surface area contributed by atoms with Gasteiger partial charge in [-0.05, 0) is 57.0 Å². The first-order valence-corrected chi connectivity index (χ1v) is 14.9. The number of fused-ring (bicyclic) bond motifs is 2. The third-order valence-corrected chi connectivity index (χ3v) is 8.11. The molecule has 0 saturated carbocycles. The van der Waals surface area contributed by atoms with Gasteiger partial charge in [-0.2, -0.15) is 0 Å². The molecule has 1 N–H and O–H groups in total. The fourth-order valence-corrected chi connectivity index (χ4v) is 5.39. The van der Waals surface area contributed by atoms with E-state index < -0.39 is 0 Å². The van der Waals surface area contributed by atoms with Gasteiger partial charge in [0.1, 0.15) is 5.75 Å². The normalized spacial score (nSPS) is 12.2. The molecule has 228 valence electrons. The molecule has 3 aromatic carbocycles. The summed E-state index contributed by atoms with van der Waals surface area (Å²) in [5, 5.41) is 11.9. The zero-order valence-corrected chi connectivity index (χ0v) is 28.8. The first-order valence-electron chi connectivity index (χ1n) is 14.9. The second-order valence-electron chi connectivity index (χ2n) is 13.8. The SMILES string of the molecule is CC(C)c1cc(-c2cc(C(C)(C)C)cc3cccnc23)[c-]c(-c2cncc3oc(-c4cc(C(C)(C)C)ccc4O)nc23)c1.[Pt]. The van der Waals surface area contributed by atoms with Crippen molar-refractivity contribution < 1.29 is 30.6 Å². The number of rotatable bonds is 4. The second-order valence-corrected chi connectivity index (χ2v) is 13.8. The number of nitrogens with zero attached hydrogens (tertiary/aromatic N) is 3. The van der Waals surface area contributed by atoms with E-state index in [-0.39, 0.29) is 43.6 Å². The van der Waals surface area contributed by atoms with Crippen LogP contribution in [-0.2, 0) is 31.9 Å². The van der Waals surface area contributed by atoms with Crippen LogP contribution in [-0.4, -0.2) is 20.1 Å². The summed E-state index contributed by atoms with van der Waals surface area (Å²) in [7, 11) is 0. The van der Waals surface area contributed by atoms with Gasteiger partial charge in [-0.3, -0.25) is 9.97 Å². The van der Waals surface area contributed by atoms with Crippen LogP contribution in [0.5, 0.6) is 5.75 Å². The van der Waals surface area contributed by atoms with Crippen molar-refractivity contribution in [2.24, 2.45) is 0 Å². The summed E-state index contributed by atoms with van der Waals surface area (Å²) in [6.07, 6.45) is 5.35. The molecule has 6 aromatic rings. The maximum absolute atomic E-state index is 10.8. The molecule has 44 heavy (non-hydrogen) atoms. The standard InChI is InChI=1S/C38H38N3O2.Pt/c1-22(2)24-14-25(29-19-28(38(6,7)8)17-23-10-9-13-40-34(23)29)16-26(15-24)31-20-39-21-33-35(31)41-36(43-33)30-18-27(37(3,4)5)11-12-32(30)42;/h9-15,17-22,42H,1-8H3;/q-1;. The number of pyridine rings is 2. The predicted molar refractivity (Wildman–Crippen MR) is 175 cm³/mol. The van der Waals surface area contributed by atoms with Crippen molar-refractivity contribution in [1.82, 2.24) is 15.0 Å². The van der Waals surface area contributed by atoms with Crippen molar-refractivity contribution in [2.45, 2.75) is 72.1 Å². The zero-order valence-electron chi connectivity index (χ0n) is 26.5. The first-order chi connectivity index (χ1) is 20.3. The van der Waals surface area contributed by atoms with E-state index in [0.717, 1.165) is 38.7 Å². The number of aromatic hydroxyl groups is 1. The van der Waals surface area contributed by atoms with E-state index in [9.17, 15) is 5.11 Å². The molecule has 0 spiro atoms. The van der Waals surface area contributed by atoms with Crippen LogP contribution < -0.4 is 0 Å². The molecule has 5 nitrogen and oxygen atoms in total. The molecule has 0 aliphatic carbocycles. The molecule has 0 amide bonds. The van der Waals surface area contributed by atoms with Gasteiger partial charge in [0.2, 0.25) is 5.89 Å². The van der Waals surface area contributed by atoms with E-state index >= 15 is 0 Å². The zero-order chi connectivity index (χ0) is 30.7. The van der Waals surface area contributed by atoms with Gasteiger partial charge in [0.15, 0.2) is 5.58 Å². The minimum Gasteiger partial charge on any atom is -0.507 e. The Morgan fingerprint density at radius 2 is 1.45 bits per heavy atom. The van der Waals surface area contributed by atoms with Crippen molar-refractivity contribution in [2.75, 3.05) is 0 Å². The topological polar surface area (TPSA) is 72.0 Å². The molecule has 6 rings (SSSR count). The van der Waals surface area contributed by atoms with Gasteiger partial charge >= 0.3 is 0 Å². The number of oxazole rings is 1. The molecule has 3 heterocycles. The summed E-state index contributed by atoms with van der Waals surface area (Å²) < 4.78 is 6.21. The van der Waals surface area contributed by atoms with Crippen LogP contribution in [0.4, 0.5) is 0 Å². The molecule has 0 radical (unpaired) electrons. The van der Waals surface area contributed by atoms with Crippen molar-refractivity contribution in [3.05, 3.63) is 95.9 Å². The minimum absolute atomic E-state index is 0. The van der Waals surface area contributed by atoms with Crippen molar-refractivity contribution >= 4 is 22.0 Å². The summed E-state index contributed by atoms with van der Waals surface area (Å²) >= 11 is 0. The molecule has 3 aromatic heterocycles. The Morgan fingerprint density at radius 3 is 2.14 bits per heavy atom. The fraction of sp³-hybridized carbons (Fsp3) is 0.289. The van der Waals surface area contributed by atoms with Gasteiger partial charge in [0.25, 0.3) is 0 Å². The summed E-state index contributed by atoms with van der Waals surface area (Å²) in [5.41, 5.74) is 9.89. The molecule has 0 unspecified atom stereocenters. The van der Waals surface area contributed by atoms with E-state index in [2.05, 4.69) is 96.8 Å². The Kier molecular flexibility index (Phi) is 8.33. The molecular weight excluding hydrogens is 726 g/mol. The van der Waals surface area contributed by atoms with Gasteiger partial charge in [-0.1, -0.05) is 85.2 Å². The molecule has 0 saturated heterocycles. The van der Waals surface area contributed by atoms with Gasteiger partial charge in [0.05, 0.1) is 17.3 Å². The summed E-state index contributed by atoms with van der Waals surface area (Å²) in [6.45, 7) is 17.5. The molecule has 0 atom stereocenters. The quantitative estimate of drug-likeness (QED) is 0.181. The maximum Gasteiger partial charge on any atom is 0.230 e. The molecular formula is C38H38N3O2Pt-. The van der Waals surface area contributed by atoms with Crippen molar-refractivity contribution in [1.29, 1.82) is 0 Å². The second kappa shape index (κ2) is 11.6. The van der Waals surface area contributed by atoms with Crippen LogP contribution >= 0.6 is 0 Å². The molecule has 0 fully saturated rings. The monoisotopic (exact) mass is 763 g/mol. The van der Waals surface area contributed by atoms with E-state index in [1.165, 1.54) is 11.1 Å². The van der Waals surface area contributed by atoms with E-state index in [4.69, 9.17) is 14.4 Å². The average Bonchev–Trinajstić information content (AvgIpc) is 3.40. The van der Waals surface area contributed by atoms with Crippen molar-refractivity contribution in [3.8, 4) is 39.5 Å². The van der Waals surface area contributed by atoms with Crippen LogP contribution in [0.2, 0.25) is 0 Å². The molecule has 6 heteroatoms. The van der Waals surface area contributed by atoms with Gasteiger partial charge in [0, 0.05) is 39.0 Å². The Bertz CT molecular complexity index is 1990. The van der Waals surface area contributed by atoms with E-state index in [0.29, 0.717) is 22.6 Å². The minimum atomic E-state index is -0.0901. The third-order valence-electron chi connectivity index (χ3n) is 8.11. The average molecular weight is 764 g/mol. The summed E-state index contributed by atoms with van der Waals surface area (Å²) in [5.74, 6) is 0.776. The number of phenols is 1. The van der Waals surface area contributed by atoms with Crippen LogP contribution in [0.25, 0.3) is 55.7 Å². The van der Waals surface area contributed by atoms with Gasteiger partial charge in [-0.15, -0.1) is 34.9 Å². The van der Waals surface area contributed by atoms with Crippen LogP contribution in [0.3, 0.4) is 0 Å². The van der Waals surface area contributed by atoms with E-state index in [1.54, 1.807) is 12.3 Å². The van der Waals surface area contributed by atoms with Crippen LogP contribution in [0, 0.1) is 6.07 Å². The van der Waals surface area contributed by atoms with Crippen LogP contribution in [0.15, 0.2) is 77.6 Å². The number of phenolic OH excluding ortho intramolecular Hbond substituents is 1. The molecule has 0 bridgehead atoms. The smallest absolute Gasteiger partial charge is 0.230 e. The molecule has 0 aliphatic heterocycles. The maximum atomic E-state index is 10.8. The third kappa shape index (κ3) is 5.95. The molecule has 0 aliphatic rings. The summed E-state index contributed by atoms with van der Waals surface area (Å²) in [4.78, 5) is 14.2. The fourth-order valence-electron chi connectivity index (χ4n) is 5.39. The Hall–Kier alpha value is -3.82. The van der Waals surface area contributed by atoms with Gasteiger partial charge in [-0.25, -0.2) is 4.98 Å². The number of benzene rings is 3. The largest absolute Gasteiger partial charge is 0.507 e. The Labute approximate surface area is 274 Å². The van der Waals surface area contributed by atoms with Gasteiger partial charge < -0.3 is 9.52 Å². The Balaban J connectivity index is 0.00000384. The summed E-state index contributed by atoms with van der Waals surface area (Å²) in [6, 6.07) is 22.3. The number of hydrogen-bond acceptors (Lipinski definition) is 5. The Morgan fingerprint density at radius 1 is 0.773 bits per heavy atom.